The molecule has 5 heteroatoms. The molecule has 0 bridgehead atoms. The van der Waals surface area contributed by atoms with Crippen LogP contribution in [0.3, 0.4) is 0 Å². The molecule has 14 heavy (non-hydrogen) atoms. The summed E-state index contributed by atoms with van der Waals surface area (Å²) in [5.41, 5.74) is -0.515. The van der Waals surface area contributed by atoms with Crippen molar-refractivity contribution in [2.24, 2.45) is 0 Å². The van der Waals surface area contributed by atoms with E-state index >= 15 is 0 Å². The fourth-order valence-electron chi connectivity index (χ4n) is 0.663. The van der Waals surface area contributed by atoms with Crippen LogP contribution in [0.15, 0.2) is 0 Å². The molecule has 1 atom stereocenters. The Balaban J connectivity index is 3.83. The van der Waals surface area contributed by atoms with Crippen molar-refractivity contribution in [2.45, 2.75) is 43.3 Å². The van der Waals surface area contributed by atoms with E-state index in [0.29, 0.717) is 0 Å². The van der Waals surface area contributed by atoms with Crippen LogP contribution < -0.4 is 5.32 Å². The first-order valence-corrected chi connectivity index (χ1v) is 5.76. The van der Waals surface area contributed by atoms with E-state index in [-0.39, 0.29) is 10.6 Å². The number of halogens is 3. The van der Waals surface area contributed by atoms with E-state index < -0.39 is 18.1 Å². The van der Waals surface area contributed by atoms with Crippen LogP contribution >= 0.6 is 22.6 Å². The van der Waals surface area contributed by atoms with Crippen LogP contribution in [0.2, 0.25) is 0 Å². The van der Waals surface area contributed by atoms with E-state index in [1.54, 1.807) is 20.8 Å². The molecule has 0 radical (unpaired) electrons. The van der Waals surface area contributed by atoms with Crippen molar-refractivity contribution in [1.29, 1.82) is 0 Å². The Morgan fingerprint density at radius 2 is 1.86 bits per heavy atom. The third-order valence-electron chi connectivity index (χ3n) is 1.36. The molecule has 2 nitrogen and oxygen atoms in total. The predicted molar refractivity (Wildman–Crippen MR) is 62.1 cm³/mol. The molecule has 0 rings (SSSR count). The van der Waals surface area contributed by atoms with Crippen LogP contribution in [0, 0.1) is 0 Å². The van der Waals surface area contributed by atoms with E-state index in [0.717, 1.165) is 0 Å². The average molecular weight is 321 g/mol. The van der Waals surface area contributed by atoms with Crippen molar-refractivity contribution in [3.63, 3.8) is 0 Å². The lowest BCUT2D eigenvalue weighted by Crippen LogP contribution is -2.40. The molecule has 0 spiro atoms. The summed E-state index contributed by atoms with van der Waals surface area (Å²) in [7, 11) is 0. The van der Waals surface area contributed by atoms with Gasteiger partial charge >= 0.3 is 0 Å². The summed E-state index contributed by atoms with van der Waals surface area (Å²) in [6.07, 6.45) is 0. The second-order valence-electron chi connectivity index (χ2n) is 4.25. The molecule has 0 heterocycles. The molecule has 0 aliphatic heterocycles. The van der Waals surface area contributed by atoms with Gasteiger partial charge in [-0.2, -0.15) is 0 Å². The first-order chi connectivity index (χ1) is 6.12. The summed E-state index contributed by atoms with van der Waals surface area (Å²) in [5.74, 6) is -2.80. The second kappa shape index (κ2) is 5.55. The van der Waals surface area contributed by atoms with E-state index in [1.165, 1.54) is 0 Å². The third kappa shape index (κ3) is 9.08. The van der Waals surface area contributed by atoms with Crippen LogP contribution in [0.25, 0.3) is 0 Å². The minimum Gasteiger partial charge on any atom is -0.370 e. The largest absolute Gasteiger partial charge is 0.370 e. The SMILES string of the molecule is CC(I)NCC(F)(F)COC(C)(C)C. The van der Waals surface area contributed by atoms with Gasteiger partial charge in [-0.15, -0.1) is 0 Å². The van der Waals surface area contributed by atoms with E-state index in [9.17, 15) is 8.78 Å². The average Bonchev–Trinajstić information content (AvgIpc) is 1.97. The Morgan fingerprint density at radius 3 is 2.21 bits per heavy atom. The monoisotopic (exact) mass is 321 g/mol. The van der Waals surface area contributed by atoms with Gasteiger partial charge in [-0.3, -0.25) is 5.32 Å². The molecule has 0 aromatic carbocycles. The second-order valence-corrected chi connectivity index (χ2v) is 6.12. The van der Waals surface area contributed by atoms with Crippen molar-refractivity contribution in [3.8, 4) is 0 Å². The maximum Gasteiger partial charge on any atom is 0.283 e. The molecule has 0 saturated heterocycles. The zero-order valence-corrected chi connectivity index (χ0v) is 11.2. The highest BCUT2D eigenvalue weighted by Gasteiger charge is 2.31. The summed E-state index contributed by atoms with van der Waals surface area (Å²) in [4.78, 5) is 0. The Hall–Kier alpha value is 0.510. The topological polar surface area (TPSA) is 21.3 Å². The van der Waals surface area contributed by atoms with Crippen LogP contribution in [0.1, 0.15) is 27.7 Å². The minimum atomic E-state index is -2.80. The number of nitrogens with one attached hydrogen (secondary N) is 1. The Kier molecular flexibility index (Phi) is 5.76. The van der Waals surface area contributed by atoms with Crippen LogP contribution in [-0.4, -0.2) is 28.7 Å². The summed E-state index contributed by atoms with van der Waals surface area (Å²) in [6.45, 7) is 6.23. The quantitative estimate of drug-likeness (QED) is 0.478. The van der Waals surface area contributed by atoms with Gasteiger partial charge in [-0.1, -0.05) is 22.6 Å². The van der Waals surface area contributed by atoms with E-state index in [1.807, 2.05) is 29.5 Å². The zero-order valence-electron chi connectivity index (χ0n) is 9.03. The van der Waals surface area contributed by atoms with Crippen LogP contribution in [0.4, 0.5) is 8.78 Å². The lowest BCUT2D eigenvalue weighted by Gasteiger charge is -2.24. The van der Waals surface area contributed by atoms with E-state index in [2.05, 4.69) is 5.32 Å². The third-order valence-corrected chi connectivity index (χ3v) is 1.80. The summed E-state index contributed by atoms with van der Waals surface area (Å²) in [6, 6.07) is 0. The maximum absolute atomic E-state index is 13.1. The Labute approximate surface area is 97.9 Å². The number of ether oxygens (including phenoxy) is 1. The molecule has 0 aromatic heterocycles. The minimum absolute atomic E-state index is 0.0353. The molecule has 0 aliphatic carbocycles. The number of hydrogen-bond donors (Lipinski definition) is 1. The molecule has 0 amide bonds. The summed E-state index contributed by atoms with van der Waals surface area (Å²) >= 11 is 2.04. The van der Waals surface area contributed by atoms with Crippen molar-refractivity contribution in [3.05, 3.63) is 0 Å². The highest BCUT2D eigenvalue weighted by Crippen LogP contribution is 2.17. The standard InChI is InChI=1S/C9H18F2INO/c1-7(12)13-5-9(10,11)6-14-8(2,3)4/h7,13H,5-6H2,1-4H3. The summed E-state index contributed by atoms with van der Waals surface area (Å²) in [5, 5.41) is 2.68. The Bertz CT molecular complexity index is 169. The molecule has 86 valence electrons. The van der Waals surface area contributed by atoms with Crippen LogP contribution in [-0.2, 0) is 4.74 Å². The van der Waals surface area contributed by atoms with Crippen molar-refractivity contribution >= 4 is 22.6 Å². The molecule has 0 saturated carbocycles. The van der Waals surface area contributed by atoms with Gasteiger partial charge in [-0.25, -0.2) is 8.78 Å². The predicted octanol–water partition coefficient (Wildman–Crippen LogP) is 2.81. The fourth-order valence-corrected chi connectivity index (χ4v) is 0.883. The summed E-state index contributed by atoms with van der Waals surface area (Å²) < 4.78 is 31.3. The first-order valence-electron chi connectivity index (χ1n) is 4.52. The van der Waals surface area contributed by atoms with E-state index in [4.69, 9.17) is 4.74 Å². The van der Waals surface area contributed by atoms with Gasteiger partial charge in [0.2, 0.25) is 0 Å². The van der Waals surface area contributed by atoms with Gasteiger partial charge in [0.25, 0.3) is 5.92 Å². The van der Waals surface area contributed by atoms with Crippen LogP contribution in [0.5, 0.6) is 0 Å². The lowest BCUT2D eigenvalue weighted by molar-refractivity contribution is -0.119. The molecule has 0 aromatic rings. The van der Waals surface area contributed by atoms with Gasteiger partial charge in [0.15, 0.2) is 0 Å². The molecule has 0 aliphatic rings. The van der Waals surface area contributed by atoms with Gasteiger partial charge in [-0.05, 0) is 27.7 Å². The molecular formula is C9H18F2INO. The van der Waals surface area contributed by atoms with Crippen molar-refractivity contribution < 1.29 is 13.5 Å². The fraction of sp³-hybridized carbons (Fsp3) is 1.00. The molecule has 0 fully saturated rings. The maximum atomic E-state index is 13.1. The van der Waals surface area contributed by atoms with Crippen molar-refractivity contribution in [1.82, 2.24) is 5.32 Å². The normalized spacial score (nSPS) is 15.6. The van der Waals surface area contributed by atoms with Gasteiger partial charge in [0.1, 0.15) is 6.61 Å². The van der Waals surface area contributed by atoms with Crippen molar-refractivity contribution in [2.75, 3.05) is 13.2 Å². The number of alkyl halides is 3. The van der Waals surface area contributed by atoms with Gasteiger partial charge in [0, 0.05) is 0 Å². The lowest BCUT2D eigenvalue weighted by atomic mass is 10.2. The number of rotatable bonds is 5. The first kappa shape index (κ1) is 14.5. The molecule has 1 N–H and O–H groups in total. The smallest absolute Gasteiger partial charge is 0.283 e. The number of hydrogen-bond acceptors (Lipinski definition) is 2. The van der Waals surface area contributed by atoms with Gasteiger partial charge in [0.05, 0.1) is 16.2 Å². The highest BCUT2D eigenvalue weighted by atomic mass is 127. The molecule has 1 unspecified atom stereocenters. The Morgan fingerprint density at radius 1 is 1.36 bits per heavy atom. The van der Waals surface area contributed by atoms with Gasteiger partial charge < -0.3 is 4.74 Å². The zero-order chi connectivity index (χ0) is 11.4. The highest BCUT2D eigenvalue weighted by molar-refractivity contribution is 14.1. The molecular weight excluding hydrogens is 303 g/mol.